The van der Waals surface area contributed by atoms with Gasteiger partial charge in [0.05, 0.1) is 6.04 Å². The van der Waals surface area contributed by atoms with Crippen molar-refractivity contribution in [1.82, 2.24) is 9.80 Å². The van der Waals surface area contributed by atoms with Crippen molar-refractivity contribution >= 4 is 11.6 Å². The van der Waals surface area contributed by atoms with E-state index in [0.717, 1.165) is 36.3 Å². The van der Waals surface area contributed by atoms with E-state index in [4.69, 9.17) is 0 Å². The van der Waals surface area contributed by atoms with E-state index in [1.54, 1.807) is 11.1 Å². The van der Waals surface area contributed by atoms with E-state index in [0.29, 0.717) is 13.1 Å². The molecule has 1 N–H and O–H groups in total. The number of hydrogen-bond donors (Lipinski definition) is 1. The Kier molecular flexibility index (Phi) is 7.97. The molecule has 3 aromatic carbocycles. The Morgan fingerprint density at radius 1 is 0.943 bits per heavy atom. The molecule has 0 spiro atoms. The quantitative estimate of drug-likeness (QED) is 0.380. The van der Waals surface area contributed by atoms with Crippen LogP contribution in [0.4, 0.5) is 5.69 Å². The van der Waals surface area contributed by atoms with Gasteiger partial charge in [0, 0.05) is 38.1 Å². The van der Waals surface area contributed by atoms with E-state index >= 15 is 0 Å². The van der Waals surface area contributed by atoms with Crippen LogP contribution < -0.4 is 5.32 Å². The Morgan fingerprint density at radius 2 is 1.54 bits per heavy atom. The molecular weight excluding hydrogens is 432 g/mol. The van der Waals surface area contributed by atoms with E-state index in [-0.39, 0.29) is 17.5 Å². The first kappa shape index (κ1) is 24.3. The molecule has 1 aliphatic heterocycles. The number of carbonyl (C=O) groups excluding carboxylic acids is 1. The summed E-state index contributed by atoms with van der Waals surface area (Å²) in [4.78, 5) is 17.4. The molecular formula is C30H32N4O. The normalized spacial score (nSPS) is 14.6. The minimum absolute atomic E-state index is 0.131. The fourth-order valence-corrected chi connectivity index (χ4v) is 4.75. The Morgan fingerprint density at radius 3 is 2.09 bits per heavy atom. The summed E-state index contributed by atoms with van der Waals surface area (Å²) in [5.74, 6) is -0.220. The van der Waals surface area contributed by atoms with Crippen molar-refractivity contribution in [2.24, 2.45) is 0 Å². The first-order chi connectivity index (χ1) is 17.1. The number of nitrogens with zero attached hydrogens (tertiary/aromatic N) is 3. The van der Waals surface area contributed by atoms with Crippen LogP contribution in [0.1, 0.15) is 35.2 Å². The van der Waals surface area contributed by atoms with Gasteiger partial charge in [-0.15, -0.1) is 0 Å². The average molecular weight is 465 g/mol. The number of rotatable bonds is 7. The molecule has 4 rings (SSSR count). The molecule has 1 amide bonds. The van der Waals surface area contributed by atoms with Crippen LogP contribution in [0, 0.1) is 18.3 Å². The molecule has 1 heterocycles. The zero-order valence-electron chi connectivity index (χ0n) is 20.4. The summed E-state index contributed by atoms with van der Waals surface area (Å²) in [6.07, 6.45) is 2.44. The van der Waals surface area contributed by atoms with Crippen LogP contribution >= 0.6 is 0 Å². The molecule has 1 saturated heterocycles. The SMILES string of the molecule is CCc1cccc(C)c1N/C=C(/C#N)C(=O)N1CCN(C(c2ccccc2)c2ccccc2)CC1. The predicted molar refractivity (Wildman–Crippen MR) is 141 cm³/mol. The van der Waals surface area contributed by atoms with Crippen LogP contribution in [0.5, 0.6) is 0 Å². The van der Waals surface area contributed by atoms with Crippen molar-refractivity contribution in [2.45, 2.75) is 26.3 Å². The maximum absolute atomic E-state index is 13.2. The summed E-state index contributed by atoms with van der Waals surface area (Å²) < 4.78 is 0. The molecule has 0 radical (unpaired) electrons. The summed E-state index contributed by atoms with van der Waals surface area (Å²) in [5, 5.41) is 13.0. The summed E-state index contributed by atoms with van der Waals surface area (Å²) in [6.45, 7) is 6.77. The molecule has 0 unspecified atom stereocenters. The molecule has 0 saturated carbocycles. The third kappa shape index (κ3) is 5.62. The van der Waals surface area contributed by atoms with Gasteiger partial charge in [-0.05, 0) is 35.6 Å². The van der Waals surface area contributed by atoms with Crippen molar-refractivity contribution in [3.63, 3.8) is 0 Å². The Balaban J connectivity index is 1.47. The van der Waals surface area contributed by atoms with E-state index in [9.17, 15) is 10.1 Å². The van der Waals surface area contributed by atoms with Gasteiger partial charge in [0.25, 0.3) is 5.91 Å². The predicted octanol–water partition coefficient (Wildman–Crippen LogP) is 5.31. The summed E-state index contributed by atoms with van der Waals surface area (Å²) in [5.41, 5.74) is 5.83. The van der Waals surface area contributed by atoms with E-state index in [1.807, 2.05) is 31.2 Å². The van der Waals surface area contributed by atoms with Gasteiger partial charge >= 0.3 is 0 Å². The second-order valence-electron chi connectivity index (χ2n) is 8.83. The summed E-state index contributed by atoms with van der Waals surface area (Å²) in [7, 11) is 0. The van der Waals surface area contributed by atoms with Crippen LogP contribution in [0.25, 0.3) is 0 Å². The topological polar surface area (TPSA) is 59.4 Å². The minimum atomic E-state index is -0.220. The summed E-state index contributed by atoms with van der Waals surface area (Å²) >= 11 is 0. The lowest BCUT2D eigenvalue weighted by molar-refractivity contribution is -0.128. The number of benzene rings is 3. The van der Waals surface area contributed by atoms with Gasteiger partial charge in [0.1, 0.15) is 11.6 Å². The van der Waals surface area contributed by atoms with Crippen LogP contribution in [0.3, 0.4) is 0 Å². The number of carbonyl (C=O) groups is 1. The Bertz CT molecular complexity index is 1170. The van der Waals surface area contributed by atoms with Crippen molar-refractivity contribution in [1.29, 1.82) is 5.26 Å². The van der Waals surface area contributed by atoms with Crippen molar-refractivity contribution in [3.8, 4) is 6.07 Å². The molecule has 1 fully saturated rings. The van der Waals surface area contributed by atoms with Crippen molar-refractivity contribution in [2.75, 3.05) is 31.5 Å². The monoisotopic (exact) mass is 464 g/mol. The van der Waals surface area contributed by atoms with E-state index < -0.39 is 0 Å². The maximum atomic E-state index is 13.2. The molecule has 0 aliphatic carbocycles. The fraction of sp³-hybridized carbons (Fsp3) is 0.267. The van der Waals surface area contributed by atoms with Gasteiger partial charge in [0.15, 0.2) is 0 Å². The molecule has 0 atom stereocenters. The highest BCUT2D eigenvalue weighted by Gasteiger charge is 2.29. The van der Waals surface area contributed by atoms with Crippen LogP contribution in [0.15, 0.2) is 90.6 Å². The van der Waals surface area contributed by atoms with Crippen LogP contribution in [-0.2, 0) is 11.2 Å². The number of nitrogens with one attached hydrogen (secondary N) is 1. The van der Waals surface area contributed by atoms with Crippen LogP contribution in [-0.4, -0.2) is 41.9 Å². The first-order valence-electron chi connectivity index (χ1n) is 12.2. The van der Waals surface area contributed by atoms with Crippen molar-refractivity contribution in [3.05, 3.63) is 113 Å². The number of anilines is 1. The molecule has 5 heteroatoms. The molecule has 0 bridgehead atoms. The number of nitriles is 1. The summed E-state index contributed by atoms with van der Waals surface area (Å²) in [6, 6.07) is 29.3. The number of hydrogen-bond acceptors (Lipinski definition) is 4. The van der Waals surface area contributed by atoms with Gasteiger partial charge in [0.2, 0.25) is 0 Å². The van der Waals surface area contributed by atoms with Gasteiger partial charge in [-0.2, -0.15) is 5.26 Å². The fourth-order valence-electron chi connectivity index (χ4n) is 4.75. The second kappa shape index (κ2) is 11.5. The third-order valence-corrected chi connectivity index (χ3v) is 6.65. The lowest BCUT2D eigenvalue weighted by Crippen LogP contribution is -2.50. The number of amides is 1. The molecule has 35 heavy (non-hydrogen) atoms. The Hall–Kier alpha value is -3.88. The first-order valence-corrected chi connectivity index (χ1v) is 12.2. The number of aryl methyl sites for hydroxylation is 2. The zero-order valence-corrected chi connectivity index (χ0v) is 20.4. The van der Waals surface area contributed by atoms with E-state index in [2.05, 4.69) is 77.8 Å². The van der Waals surface area contributed by atoms with Crippen LogP contribution in [0.2, 0.25) is 0 Å². The minimum Gasteiger partial charge on any atom is -0.360 e. The third-order valence-electron chi connectivity index (χ3n) is 6.65. The maximum Gasteiger partial charge on any atom is 0.266 e. The number of para-hydroxylation sites is 1. The standard InChI is InChI=1S/C30H32N4O/c1-3-24-16-10-11-23(2)28(24)32-22-27(21-31)30(35)34-19-17-33(18-20-34)29(25-12-6-4-7-13-25)26-14-8-5-9-15-26/h4-16,22,29,32H,3,17-20H2,1-2H3/b27-22-. The average Bonchev–Trinajstić information content (AvgIpc) is 2.91. The zero-order chi connectivity index (χ0) is 24.6. The van der Waals surface area contributed by atoms with Crippen molar-refractivity contribution < 1.29 is 4.79 Å². The lowest BCUT2D eigenvalue weighted by atomic mass is 9.96. The highest BCUT2D eigenvalue weighted by Crippen LogP contribution is 2.29. The highest BCUT2D eigenvalue weighted by molar-refractivity contribution is 5.97. The largest absolute Gasteiger partial charge is 0.360 e. The molecule has 3 aromatic rings. The smallest absolute Gasteiger partial charge is 0.266 e. The second-order valence-corrected chi connectivity index (χ2v) is 8.83. The molecule has 1 aliphatic rings. The van der Waals surface area contributed by atoms with Gasteiger partial charge in [-0.3, -0.25) is 9.69 Å². The molecule has 0 aromatic heterocycles. The van der Waals surface area contributed by atoms with Gasteiger partial charge in [-0.1, -0.05) is 85.8 Å². The molecule has 5 nitrogen and oxygen atoms in total. The lowest BCUT2D eigenvalue weighted by Gasteiger charge is -2.39. The van der Waals surface area contributed by atoms with E-state index in [1.165, 1.54) is 11.1 Å². The molecule has 178 valence electrons. The van der Waals surface area contributed by atoms with Gasteiger partial charge < -0.3 is 10.2 Å². The highest BCUT2D eigenvalue weighted by atomic mass is 16.2. The number of piperazine rings is 1. The van der Waals surface area contributed by atoms with Gasteiger partial charge in [-0.25, -0.2) is 0 Å². The Labute approximate surface area is 208 Å².